The molecule has 170 valence electrons. The van der Waals surface area contributed by atoms with Crippen LogP contribution in [0.1, 0.15) is 12.8 Å². The monoisotopic (exact) mass is 455 g/mol. The minimum atomic E-state index is -5.08. The standard InChI is InChI=1S/C15H23N3O4S.C2HF3O2/c1-17(2)23(19,20)18-8-5-14-15(11-18,6-9-21-14)12-22-13-4-3-7-16-10-13;3-2(4,5)1(6)7/h3-4,7,10,14H,5-6,8-9,11-12H2,1-2H3;(H,6,7)/t14-,15+;/m1./s1. The smallest absolute Gasteiger partial charge is 0.490 e. The van der Waals surface area contributed by atoms with Gasteiger partial charge in [-0.1, -0.05) is 0 Å². The highest BCUT2D eigenvalue weighted by Gasteiger charge is 2.51. The number of carbonyl (C=O) groups is 1. The fourth-order valence-corrected chi connectivity index (χ4v) is 4.52. The van der Waals surface area contributed by atoms with Gasteiger partial charge < -0.3 is 14.6 Å². The largest absolute Gasteiger partial charge is 0.491 e. The van der Waals surface area contributed by atoms with Gasteiger partial charge in [-0.15, -0.1) is 0 Å². The minimum absolute atomic E-state index is 0.0489. The van der Waals surface area contributed by atoms with Crippen molar-refractivity contribution in [2.75, 3.05) is 40.4 Å². The fourth-order valence-electron chi connectivity index (χ4n) is 3.30. The predicted octanol–water partition coefficient (Wildman–Crippen LogP) is 1.38. The Bertz CT molecular complexity index is 822. The maximum Gasteiger partial charge on any atom is 0.490 e. The first-order chi connectivity index (χ1) is 13.9. The Morgan fingerprint density at radius 3 is 2.67 bits per heavy atom. The van der Waals surface area contributed by atoms with E-state index >= 15 is 0 Å². The lowest BCUT2D eigenvalue weighted by Crippen LogP contribution is -2.56. The second-order valence-electron chi connectivity index (χ2n) is 7.16. The molecule has 2 atom stereocenters. The normalized spacial score (nSPS) is 24.7. The third kappa shape index (κ3) is 5.80. The van der Waals surface area contributed by atoms with Gasteiger partial charge in [-0.25, -0.2) is 4.79 Å². The van der Waals surface area contributed by atoms with Crippen molar-refractivity contribution in [2.45, 2.75) is 25.1 Å². The Morgan fingerprint density at radius 1 is 1.47 bits per heavy atom. The number of aromatic nitrogens is 1. The van der Waals surface area contributed by atoms with Gasteiger partial charge in [0, 0.05) is 45.4 Å². The molecule has 9 nitrogen and oxygen atoms in total. The molecule has 0 spiro atoms. The predicted molar refractivity (Wildman–Crippen MR) is 99.0 cm³/mol. The summed E-state index contributed by atoms with van der Waals surface area (Å²) in [4.78, 5) is 12.9. The number of ether oxygens (including phenoxy) is 2. The number of nitrogens with zero attached hydrogens (tertiary/aromatic N) is 3. The third-order valence-electron chi connectivity index (χ3n) is 4.92. The van der Waals surface area contributed by atoms with Crippen LogP contribution in [0.15, 0.2) is 24.5 Å². The van der Waals surface area contributed by atoms with E-state index in [0.717, 1.165) is 6.42 Å². The fraction of sp³-hybridized carbons (Fsp3) is 0.647. The van der Waals surface area contributed by atoms with Crippen LogP contribution >= 0.6 is 0 Å². The zero-order valence-corrected chi connectivity index (χ0v) is 17.3. The summed E-state index contributed by atoms with van der Waals surface area (Å²) >= 11 is 0. The van der Waals surface area contributed by atoms with Gasteiger partial charge in [-0.2, -0.15) is 30.2 Å². The topological polar surface area (TPSA) is 109 Å². The zero-order valence-electron chi connectivity index (χ0n) is 16.5. The molecule has 0 amide bonds. The summed E-state index contributed by atoms with van der Waals surface area (Å²) in [5.74, 6) is -2.06. The van der Waals surface area contributed by atoms with Gasteiger partial charge >= 0.3 is 12.1 Å². The highest BCUT2D eigenvalue weighted by atomic mass is 32.2. The Balaban J connectivity index is 0.000000396. The zero-order chi connectivity index (χ0) is 22.6. The van der Waals surface area contributed by atoms with E-state index in [1.807, 2.05) is 12.1 Å². The first-order valence-electron chi connectivity index (χ1n) is 9.01. The quantitative estimate of drug-likeness (QED) is 0.714. The summed E-state index contributed by atoms with van der Waals surface area (Å²) in [6.45, 7) is 2.00. The Labute approximate surface area is 172 Å². The first-order valence-corrected chi connectivity index (χ1v) is 10.4. The number of pyridine rings is 1. The number of halogens is 3. The molecule has 0 aliphatic carbocycles. The van der Waals surface area contributed by atoms with Crippen LogP contribution in [0, 0.1) is 5.41 Å². The van der Waals surface area contributed by atoms with Crippen molar-refractivity contribution < 1.29 is 41.0 Å². The number of hydrogen-bond acceptors (Lipinski definition) is 6. The van der Waals surface area contributed by atoms with E-state index in [-0.39, 0.29) is 11.5 Å². The van der Waals surface area contributed by atoms with Gasteiger partial charge in [0.25, 0.3) is 10.2 Å². The van der Waals surface area contributed by atoms with Crippen LogP contribution in [-0.4, -0.2) is 85.8 Å². The summed E-state index contributed by atoms with van der Waals surface area (Å²) in [6.07, 6.45) is -0.175. The lowest BCUT2D eigenvalue weighted by Gasteiger charge is -2.43. The molecule has 3 rings (SSSR count). The summed E-state index contributed by atoms with van der Waals surface area (Å²) in [6, 6.07) is 3.67. The van der Waals surface area contributed by atoms with Gasteiger partial charge in [0.05, 0.1) is 18.9 Å². The highest BCUT2D eigenvalue weighted by molar-refractivity contribution is 7.86. The van der Waals surface area contributed by atoms with E-state index in [2.05, 4.69) is 4.98 Å². The molecule has 0 aromatic carbocycles. The molecule has 0 unspecified atom stereocenters. The van der Waals surface area contributed by atoms with Gasteiger partial charge in [0.15, 0.2) is 0 Å². The Kier molecular flexibility index (Phi) is 7.66. The second-order valence-corrected chi connectivity index (χ2v) is 9.31. The van der Waals surface area contributed by atoms with Crippen LogP contribution in [0.2, 0.25) is 0 Å². The van der Waals surface area contributed by atoms with Crippen LogP contribution in [0.3, 0.4) is 0 Å². The SMILES string of the molecule is CN(C)S(=O)(=O)N1CC[C@H]2OCC[C@@]2(COc2cccnc2)C1.O=C(O)C(F)(F)F. The average molecular weight is 455 g/mol. The maximum absolute atomic E-state index is 12.5. The average Bonchev–Trinajstić information content (AvgIpc) is 3.10. The van der Waals surface area contributed by atoms with Crippen molar-refractivity contribution in [3.05, 3.63) is 24.5 Å². The molecule has 0 radical (unpaired) electrons. The Morgan fingerprint density at radius 2 is 2.13 bits per heavy atom. The summed E-state index contributed by atoms with van der Waals surface area (Å²) in [5.41, 5.74) is -0.294. The molecule has 2 aliphatic rings. The van der Waals surface area contributed by atoms with Crippen molar-refractivity contribution >= 4 is 16.2 Å². The van der Waals surface area contributed by atoms with E-state index in [1.165, 1.54) is 4.31 Å². The number of aliphatic carboxylic acids is 1. The lowest BCUT2D eigenvalue weighted by atomic mass is 9.78. The number of carboxylic acids is 1. The Hall–Kier alpha value is -1.96. The molecular formula is C17H24F3N3O6S. The van der Waals surface area contributed by atoms with E-state index in [0.29, 0.717) is 38.5 Å². The molecule has 2 aliphatic heterocycles. The molecule has 1 N–H and O–H groups in total. The van der Waals surface area contributed by atoms with E-state index in [4.69, 9.17) is 19.4 Å². The van der Waals surface area contributed by atoms with Crippen molar-refractivity contribution in [3.63, 3.8) is 0 Å². The maximum atomic E-state index is 12.5. The van der Waals surface area contributed by atoms with E-state index in [9.17, 15) is 21.6 Å². The van der Waals surface area contributed by atoms with Crippen LogP contribution < -0.4 is 4.74 Å². The minimum Gasteiger partial charge on any atom is -0.491 e. The molecular weight excluding hydrogens is 431 g/mol. The van der Waals surface area contributed by atoms with Crippen molar-refractivity contribution in [3.8, 4) is 5.75 Å². The van der Waals surface area contributed by atoms with Gasteiger partial charge in [0.1, 0.15) is 5.75 Å². The first kappa shape index (κ1) is 24.3. The number of piperidine rings is 1. The lowest BCUT2D eigenvalue weighted by molar-refractivity contribution is -0.192. The highest BCUT2D eigenvalue weighted by Crippen LogP contribution is 2.42. The number of alkyl halides is 3. The number of rotatable bonds is 5. The molecule has 0 saturated carbocycles. The van der Waals surface area contributed by atoms with Crippen molar-refractivity contribution in [1.82, 2.24) is 13.6 Å². The van der Waals surface area contributed by atoms with Gasteiger partial charge in [-0.05, 0) is 25.0 Å². The summed E-state index contributed by atoms with van der Waals surface area (Å²) < 4.78 is 71.2. The van der Waals surface area contributed by atoms with E-state index in [1.54, 1.807) is 30.8 Å². The number of hydrogen-bond donors (Lipinski definition) is 1. The van der Waals surface area contributed by atoms with Crippen molar-refractivity contribution in [1.29, 1.82) is 0 Å². The van der Waals surface area contributed by atoms with Gasteiger partial charge in [-0.3, -0.25) is 4.98 Å². The number of fused-ring (bicyclic) bond motifs is 1. The second kappa shape index (κ2) is 9.45. The van der Waals surface area contributed by atoms with Crippen LogP contribution in [-0.2, 0) is 19.7 Å². The van der Waals surface area contributed by atoms with Crippen LogP contribution in [0.4, 0.5) is 13.2 Å². The molecule has 2 saturated heterocycles. The van der Waals surface area contributed by atoms with Gasteiger partial charge in [0.2, 0.25) is 0 Å². The third-order valence-corrected chi connectivity index (χ3v) is 6.81. The molecule has 1 aromatic heterocycles. The van der Waals surface area contributed by atoms with Crippen LogP contribution in [0.5, 0.6) is 5.75 Å². The van der Waals surface area contributed by atoms with E-state index < -0.39 is 22.4 Å². The molecule has 13 heteroatoms. The summed E-state index contributed by atoms with van der Waals surface area (Å²) in [5, 5.41) is 7.12. The summed E-state index contributed by atoms with van der Waals surface area (Å²) in [7, 11) is -0.295. The molecule has 3 heterocycles. The number of carboxylic acid groups (broad SMARTS) is 1. The van der Waals surface area contributed by atoms with Crippen molar-refractivity contribution in [2.24, 2.45) is 5.41 Å². The molecule has 30 heavy (non-hydrogen) atoms. The van der Waals surface area contributed by atoms with Crippen LogP contribution in [0.25, 0.3) is 0 Å². The molecule has 0 bridgehead atoms. The molecule has 1 aromatic rings. The molecule has 2 fully saturated rings.